The monoisotopic (exact) mass is 292 g/mol. The highest BCUT2D eigenvalue weighted by Gasteiger charge is 2.13. The van der Waals surface area contributed by atoms with E-state index in [1.54, 1.807) is 7.11 Å². The van der Waals surface area contributed by atoms with Crippen LogP contribution in [0.3, 0.4) is 0 Å². The van der Waals surface area contributed by atoms with E-state index in [1.807, 2.05) is 12.1 Å². The lowest BCUT2D eigenvalue weighted by Crippen LogP contribution is -2.37. The standard InChI is InChI=1S/C18H32N2O/c1-15(10-9-13-19-18(2,3)4)20(5)14-16-11-7-8-12-17(16)21-6/h7-8,11-12,15,19H,9-10,13-14H2,1-6H3. The van der Waals surface area contributed by atoms with Crippen LogP contribution in [-0.4, -0.2) is 37.2 Å². The van der Waals surface area contributed by atoms with Gasteiger partial charge in [-0.1, -0.05) is 18.2 Å². The van der Waals surface area contributed by atoms with Crippen LogP contribution in [-0.2, 0) is 6.54 Å². The topological polar surface area (TPSA) is 24.5 Å². The minimum Gasteiger partial charge on any atom is -0.496 e. The van der Waals surface area contributed by atoms with Crippen molar-refractivity contribution in [2.24, 2.45) is 0 Å². The van der Waals surface area contributed by atoms with Gasteiger partial charge in [0.15, 0.2) is 0 Å². The molecule has 0 heterocycles. The predicted molar refractivity (Wildman–Crippen MR) is 90.9 cm³/mol. The van der Waals surface area contributed by atoms with E-state index in [0.29, 0.717) is 6.04 Å². The van der Waals surface area contributed by atoms with Gasteiger partial charge >= 0.3 is 0 Å². The molecule has 1 rings (SSSR count). The van der Waals surface area contributed by atoms with Crippen LogP contribution in [0.4, 0.5) is 0 Å². The fourth-order valence-electron chi connectivity index (χ4n) is 2.34. The first kappa shape index (κ1) is 18.0. The quantitative estimate of drug-likeness (QED) is 0.740. The highest BCUT2D eigenvalue weighted by Crippen LogP contribution is 2.20. The summed E-state index contributed by atoms with van der Waals surface area (Å²) >= 11 is 0. The van der Waals surface area contributed by atoms with Gasteiger partial charge in [-0.2, -0.15) is 0 Å². The van der Waals surface area contributed by atoms with Crippen molar-refractivity contribution in [2.75, 3.05) is 20.7 Å². The Balaban J connectivity index is 2.39. The highest BCUT2D eigenvalue weighted by atomic mass is 16.5. The summed E-state index contributed by atoms with van der Waals surface area (Å²) in [5, 5.41) is 3.55. The van der Waals surface area contributed by atoms with E-state index in [-0.39, 0.29) is 5.54 Å². The van der Waals surface area contributed by atoms with Crippen molar-refractivity contribution >= 4 is 0 Å². The summed E-state index contributed by atoms with van der Waals surface area (Å²) in [6, 6.07) is 8.83. The van der Waals surface area contributed by atoms with Gasteiger partial charge < -0.3 is 10.1 Å². The molecule has 1 aromatic carbocycles. The molecule has 0 aliphatic carbocycles. The minimum atomic E-state index is 0.215. The molecule has 0 spiro atoms. The minimum absolute atomic E-state index is 0.215. The summed E-state index contributed by atoms with van der Waals surface area (Å²) < 4.78 is 5.43. The second kappa shape index (κ2) is 8.40. The molecule has 1 atom stereocenters. The van der Waals surface area contributed by atoms with Gasteiger partial charge in [0.05, 0.1) is 7.11 Å². The Morgan fingerprint density at radius 2 is 1.90 bits per heavy atom. The molecule has 3 heteroatoms. The maximum atomic E-state index is 5.43. The van der Waals surface area contributed by atoms with E-state index in [9.17, 15) is 0 Å². The molecule has 0 aliphatic rings. The molecule has 0 saturated heterocycles. The van der Waals surface area contributed by atoms with Gasteiger partial charge in [0.25, 0.3) is 0 Å². The summed E-state index contributed by atoms with van der Waals surface area (Å²) in [4.78, 5) is 2.40. The van der Waals surface area contributed by atoms with E-state index in [4.69, 9.17) is 4.74 Å². The number of methoxy groups -OCH3 is 1. The molecule has 3 nitrogen and oxygen atoms in total. The van der Waals surface area contributed by atoms with E-state index in [1.165, 1.54) is 18.4 Å². The molecule has 0 fully saturated rings. The Morgan fingerprint density at radius 3 is 2.52 bits per heavy atom. The van der Waals surface area contributed by atoms with Crippen LogP contribution < -0.4 is 10.1 Å². The fraction of sp³-hybridized carbons (Fsp3) is 0.667. The smallest absolute Gasteiger partial charge is 0.123 e. The first-order valence-electron chi connectivity index (χ1n) is 7.90. The number of benzene rings is 1. The molecule has 120 valence electrons. The Kier molecular flexibility index (Phi) is 7.20. The van der Waals surface area contributed by atoms with Crippen LogP contribution in [0.25, 0.3) is 0 Å². The maximum absolute atomic E-state index is 5.43. The van der Waals surface area contributed by atoms with Crippen molar-refractivity contribution in [3.63, 3.8) is 0 Å². The molecular formula is C18H32N2O. The largest absolute Gasteiger partial charge is 0.496 e. The number of nitrogens with one attached hydrogen (secondary N) is 1. The number of hydrogen-bond donors (Lipinski definition) is 1. The lowest BCUT2D eigenvalue weighted by Gasteiger charge is -2.26. The van der Waals surface area contributed by atoms with Crippen LogP contribution in [0.15, 0.2) is 24.3 Å². The molecule has 0 saturated carbocycles. The maximum Gasteiger partial charge on any atom is 0.123 e. The first-order chi connectivity index (χ1) is 9.83. The number of rotatable bonds is 8. The SMILES string of the molecule is COc1ccccc1CN(C)C(C)CCCNC(C)(C)C. The number of ether oxygens (including phenoxy) is 1. The summed E-state index contributed by atoms with van der Waals surface area (Å²) in [7, 11) is 3.93. The molecule has 0 radical (unpaired) electrons. The van der Waals surface area contributed by atoms with Gasteiger partial charge in [0.2, 0.25) is 0 Å². The van der Waals surface area contributed by atoms with Crippen molar-refractivity contribution in [3.05, 3.63) is 29.8 Å². The van der Waals surface area contributed by atoms with Gasteiger partial charge in [0, 0.05) is 23.7 Å². The molecule has 1 aromatic rings. The zero-order chi connectivity index (χ0) is 15.9. The average Bonchev–Trinajstić information content (AvgIpc) is 2.42. The average molecular weight is 292 g/mol. The van der Waals surface area contributed by atoms with Crippen LogP contribution in [0.2, 0.25) is 0 Å². The summed E-state index contributed by atoms with van der Waals surface area (Å²) in [5.41, 5.74) is 1.47. The van der Waals surface area contributed by atoms with Gasteiger partial charge in [-0.3, -0.25) is 4.90 Å². The van der Waals surface area contributed by atoms with Gasteiger partial charge in [-0.05, 0) is 60.2 Å². The Labute approximate surface area is 130 Å². The van der Waals surface area contributed by atoms with E-state index in [2.05, 4.69) is 57.1 Å². The van der Waals surface area contributed by atoms with Crippen LogP contribution in [0.1, 0.15) is 46.1 Å². The Morgan fingerprint density at radius 1 is 1.24 bits per heavy atom. The van der Waals surface area contributed by atoms with Crippen molar-refractivity contribution in [3.8, 4) is 5.75 Å². The van der Waals surface area contributed by atoms with Crippen molar-refractivity contribution < 1.29 is 4.74 Å². The third-order valence-electron chi connectivity index (χ3n) is 3.82. The van der Waals surface area contributed by atoms with Crippen molar-refractivity contribution in [1.29, 1.82) is 0 Å². The predicted octanol–water partition coefficient (Wildman–Crippen LogP) is 3.68. The molecular weight excluding hydrogens is 260 g/mol. The van der Waals surface area contributed by atoms with Crippen LogP contribution in [0, 0.1) is 0 Å². The van der Waals surface area contributed by atoms with Gasteiger partial charge in [-0.15, -0.1) is 0 Å². The van der Waals surface area contributed by atoms with E-state index < -0.39 is 0 Å². The van der Waals surface area contributed by atoms with Crippen molar-refractivity contribution in [1.82, 2.24) is 10.2 Å². The lowest BCUT2D eigenvalue weighted by molar-refractivity contribution is 0.229. The Bertz CT molecular complexity index is 412. The zero-order valence-electron chi connectivity index (χ0n) is 14.6. The van der Waals surface area contributed by atoms with E-state index >= 15 is 0 Å². The first-order valence-corrected chi connectivity index (χ1v) is 7.90. The van der Waals surface area contributed by atoms with Crippen molar-refractivity contribution in [2.45, 2.75) is 58.7 Å². The molecule has 1 N–H and O–H groups in total. The van der Waals surface area contributed by atoms with Crippen LogP contribution in [0.5, 0.6) is 5.75 Å². The zero-order valence-corrected chi connectivity index (χ0v) is 14.6. The third-order valence-corrected chi connectivity index (χ3v) is 3.82. The van der Waals surface area contributed by atoms with E-state index in [0.717, 1.165) is 18.8 Å². The summed E-state index contributed by atoms with van der Waals surface area (Å²) in [6.07, 6.45) is 2.41. The second-order valence-electron chi connectivity index (χ2n) is 6.89. The molecule has 0 bridgehead atoms. The molecule has 1 unspecified atom stereocenters. The molecule has 0 amide bonds. The fourth-order valence-corrected chi connectivity index (χ4v) is 2.34. The number of para-hydroxylation sites is 1. The number of nitrogens with zero attached hydrogens (tertiary/aromatic N) is 1. The summed E-state index contributed by atoms with van der Waals surface area (Å²) in [6.45, 7) is 10.9. The molecule has 21 heavy (non-hydrogen) atoms. The van der Waals surface area contributed by atoms with Gasteiger partial charge in [0.1, 0.15) is 5.75 Å². The summed E-state index contributed by atoms with van der Waals surface area (Å²) in [5.74, 6) is 0.978. The normalized spacial score (nSPS) is 13.5. The molecule has 0 aliphatic heterocycles. The second-order valence-corrected chi connectivity index (χ2v) is 6.89. The molecule has 0 aromatic heterocycles. The number of hydrogen-bond acceptors (Lipinski definition) is 3. The Hall–Kier alpha value is -1.06. The third kappa shape index (κ3) is 6.96. The van der Waals surface area contributed by atoms with Crippen LogP contribution >= 0.6 is 0 Å². The highest BCUT2D eigenvalue weighted by molar-refractivity contribution is 5.33. The lowest BCUT2D eigenvalue weighted by atomic mass is 10.1. The van der Waals surface area contributed by atoms with Gasteiger partial charge in [-0.25, -0.2) is 0 Å².